The smallest absolute Gasteiger partial charge is 0.396 e. The number of benzene rings is 2. The Balaban J connectivity index is 2.18. The maximum atomic E-state index is 12.8. The SMILES string of the molecule is C[C@@](O)(C(=O)Nc1ccc(S(=O)(=O)c2ccc(NCCCCO)cc2)cc1Cl)C(F)(F)F. The number of amides is 1. The van der Waals surface area contributed by atoms with Crippen LogP contribution in [0.3, 0.4) is 0 Å². The van der Waals surface area contributed by atoms with Crippen molar-refractivity contribution in [3.05, 3.63) is 47.5 Å². The first-order valence-corrected chi connectivity index (χ1v) is 11.3. The number of sulfone groups is 1. The molecule has 0 spiro atoms. The summed E-state index contributed by atoms with van der Waals surface area (Å²) in [5.41, 5.74) is -3.26. The van der Waals surface area contributed by atoms with Crippen LogP contribution in [0.2, 0.25) is 5.02 Å². The van der Waals surface area contributed by atoms with Gasteiger partial charge in [-0.25, -0.2) is 8.42 Å². The van der Waals surface area contributed by atoms with E-state index in [4.69, 9.17) is 16.7 Å². The fourth-order valence-corrected chi connectivity index (χ4v) is 4.07. The average Bonchev–Trinajstić information content (AvgIpc) is 2.72. The normalized spacial score (nSPS) is 14.0. The second kappa shape index (κ2) is 10.1. The molecule has 0 aliphatic heterocycles. The Kier molecular flexibility index (Phi) is 8.16. The van der Waals surface area contributed by atoms with Crippen molar-refractivity contribution < 1.29 is 36.6 Å². The quantitative estimate of drug-likeness (QED) is 0.396. The van der Waals surface area contributed by atoms with E-state index in [9.17, 15) is 31.5 Å². The van der Waals surface area contributed by atoms with E-state index in [-0.39, 0.29) is 27.1 Å². The minimum Gasteiger partial charge on any atom is -0.396 e. The highest BCUT2D eigenvalue weighted by molar-refractivity contribution is 7.91. The van der Waals surface area contributed by atoms with Crippen LogP contribution in [0.15, 0.2) is 52.3 Å². The van der Waals surface area contributed by atoms with Crippen molar-refractivity contribution in [2.45, 2.75) is 41.3 Å². The summed E-state index contributed by atoms with van der Waals surface area (Å²) in [4.78, 5) is 11.5. The molecule has 4 N–H and O–H groups in total. The number of aliphatic hydroxyl groups excluding tert-OH is 1. The maximum absolute atomic E-state index is 12.8. The van der Waals surface area contributed by atoms with E-state index >= 15 is 0 Å². The molecule has 0 aliphatic rings. The summed E-state index contributed by atoms with van der Waals surface area (Å²) in [6.07, 6.45) is -3.83. The number of aliphatic hydroxyl groups is 2. The van der Waals surface area contributed by atoms with Gasteiger partial charge in [-0.15, -0.1) is 0 Å². The molecule has 12 heteroatoms. The van der Waals surface area contributed by atoms with Gasteiger partial charge in [-0.2, -0.15) is 13.2 Å². The first-order valence-electron chi connectivity index (χ1n) is 9.40. The number of alkyl halides is 3. The Morgan fingerprint density at radius 2 is 1.66 bits per heavy atom. The van der Waals surface area contributed by atoms with Gasteiger partial charge in [-0.1, -0.05) is 11.6 Å². The van der Waals surface area contributed by atoms with E-state index in [1.165, 1.54) is 12.1 Å². The van der Waals surface area contributed by atoms with Gasteiger partial charge in [0.05, 0.1) is 20.5 Å². The van der Waals surface area contributed by atoms with Gasteiger partial charge in [-0.3, -0.25) is 4.79 Å². The number of carbonyl (C=O) groups excluding carboxylic acids is 1. The lowest BCUT2D eigenvalue weighted by molar-refractivity contribution is -0.242. The predicted molar refractivity (Wildman–Crippen MR) is 113 cm³/mol. The first kappa shape index (κ1) is 25.9. The molecule has 0 aliphatic carbocycles. The molecular weight excluding hydrogens is 473 g/mol. The number of nitrogens with one attached hydrogen (secondary N) is 2. The Labute approximate surface area is 188 Å². The van der Waals surface area contributed by atoms with Gasteiger partial charge in [0.1, 0.15) is 0 Å². The van der Waals surface area contributed by atoms with E-state index in [0.29, 0.717) is 25.6 Å². The minimum absolute atomic E-state index is 0.0359. The zero-order chi connectivity index (χ0) is 24.2. The molecule has 0 unspecified atom stereocenters. The number of rotatable bonds is 9. The van der Waals surface area contributed by atoms with Crippen molar-refractivity contribution in [1.82, 2.24) is 0 Å². The van der Waals surface area contributed by atoms with Gasteiger partial charge in [0, 0.05) is 18.8 Å². The van der Waals surface area contributed by atoms with Gasteiger partial charge in [0.25, 0.3) is 5.91 Å². The molecule has 176 valence electrons. The topological polar surface area (TPSA) is 116 Å². The molecule has 2 aromatic carbocycles. The molecular formula is C20H22ClF3N2O5S. The van der Waals surface area contributed by atoms with Crippen LogP contribution < -0.4 is 10.6 Å². The number of unbranched alkanes of at least 4 members (excludes halogenated alkanes) is 1. The van der Waals surface area contributed by atoms with Crippen molar-refractivity contribution in [1.29, 1.82) is 0 Å². The molecule has 32 heavy (non-hydrogen) atoms. The van der Waals surface area contributed by atoms with E-state index in [1.807, 2.05) is 5.32 Å². The summed E-state index contributed by atoms with van der Waals surface area (Å²) in [5, 5.41) is 22.8. The van der Waals surface area contributed by atoms with E-state index in [0.717, 1.165) is 24.6 Å². The molecule has 0 fully saturated rings. The van der Waals surface area contributed by atoms with Crippen LogP contribution in [0.5, 0.6) is 0 Å². The van der Waals surface area contributed by atoms with Gasteiger partial charge in [0.2, 0.25) is 15.4 Å². The number of hydrogen-bond acceptors (Lipinski definition) is 6. The Morgan fingerprint density at radius 1 is 1.06 bits per heavy atom. The standard InChI is InChI=1S/C20H22ClF3N2O5S/c1-19(29,20(22,23)24)18(28)26-17-9-8-15(12-16(17)21)32(30,31)14-6-4-13(5-7-14)25-10-2-3-11-27/h4-9,12,25,27,29H,2-3,10-11H2,1H3,(H,26,28)/t19-/m1/s1. The molecule has 1 amide bonds. The van der Waals surface area contributed by atoms with Crippen LogP contribution >= 0.6 is 11.6 Å². The fraction of sp³-hybridized carbons (Fsp3) is 0.350. The summed E-state index contributed by atoms with van der Waals surface area (Å²) < 4.78 is 64.0. The minimum atomic E-state index is -5.22. The number of hydrogen-bond donors (Lipinski definition) is 4. The Bertz CT molecular complexity index is 1060. The summed E-state index contributed by atoms with van der Waals surface area (Å²) in [7, 11) is -3.99. The van der Waals surface area contributed by atoms with Crippen molar-refractivity contribution >= 4 is 38.7 Å². The van der Waals surface area contributed by atoms with Gasteiger partial charge in [-0.05, 0) is 62.2 Å². The highest BCUT2D eigenvalue weighted by Crippen LogP contribution is 2.33. The molecule has 0 radical (unpaired) electrons. The molecule has 0 saturated carbocycles. The van der Waals surface area contributed by atoms with Crippen LogP contribution in [0.25, 0.3) is 0 Å². The third-order valence-corrected chi connectivity index (χ3v) is 6.65. The lowest BCUT2D eigenvalue weighted by Gasteiger charge is -2.25. The molecule has 0 bridgehead atoms. The number of carbonyl (C=O) groups is 1. The monoisotopic (exact) mass is 494 g/mol. The Morgan fingerprint density at radius 3 is 2.19 bits per heavy atom. The van der Waals surface area contributed by atoms with Crippen molar-refractivity contribution in [2.75, 3.05) is 23.8 Å². The van der Waals surface area contributed by atoms with Gasteiger partial charge >= 0.3 is 6.18 Å². The lowest BCUT2D eigenvalue weighted by Crippen LogP contribution is -2.52. The van der Waals surface area contributed by atoms with Crippen LogP contribution in [-0.4, -0.2) is 49.5 Å². The van der Waals surface area contributed by atoms with Gasteiger partial charge in [0.15, 0.2) is 0 Å². The predicted octanol–water partition coefficient (Wildman–Crippen LogP) is 3.61. The molecule has 0 saturated heterocycles. The number of anilines is 2. The van der Waals surface area contributed by atoms with Crippen molar-refractivity contribution in [3.63, 3.8) is 0 Å². The summed E-state index contributed by atoms with van der Waals surface area (Å²) in [5.74, 6) is -1.76. The third kappa shape index (κ3) is 5.91. The van der Waals surface area contributed by atoms with E-state index in [2.05, 4.69) is 5.32 Å². The number of halogens is 4. The summed E-state index contributed by atoms with van der Waals surface area (Å²) in [6.45, 7) is 0.989. The zero-order valence-electron chi connectivity index (χ0n) is 16.9. The van der Waals surface area contributed by atoms with Crippen LogP contribution in [-0.2, 0) is 14.6 Å². The maximum Gasteiger partial charge on any atom is 0.426 e. The lowest BCUT2D eigenvalue weighted by atomic mass is 10.1. The zero-order valence-corrected chi connectivity index (χ0v) is 18.5. The fourth-order valence-electron chi connectivity index (χ4n) is 2.49. The van der Waals surface area contributed by atoms with Crippen molar-refractivity contribution in [2.24, 2.45) is 0 Å². The molecule has 0 aromatic heterocycles. The van der Waals surface area contributed by atoms with E-state index in [1.54, 1.807) is 12.1 Å². The third-order valence-electron chi connectivity index (χ3n) is 4.57. The second-order valence-electron chi connectivity index (χ2n) is 7.05. The van der Waals surface area contributed by atoms with Crippen LogP contribution in [0.1, 0.15) is 19.8 Å². The summed E-state index contributed by atoms with van der Waals surface area (Å²) >= 11 is 5.97. The molecule has 2 rings (SSSR count). The first-order chi connectivity index (χ1) is 14.8. The molecule has 1 atom stereocenters. The molecule has 7 nitrogen and oxygen atoms in total. The average molecular weight is 495 g/mol. The molecule has 0 heterocycles. The van der Waals surface area contributed by atoms with Gasteiger partial charge < -0.3 is 20.8 Å². The van der Waals surface area contributed by atoms with Crippen molar-refractivity contribution in [3.8, 4) is 0 Å². The van der Waals surface area contributed by atoms with Crippen LogP contribution in [0, 0.1) is 0 Å². The second-order valence-corrected chi connectivity index (χ2v) is 9.41. The highest BCUT2D eigenvalue weighted by atomic mass is 35.5. The summed E-state index contributed by atoms with van der Waals surface area (Å²) in [6, 6.07) is 9.02. The van der Waals surface area contributed by atoms with E-state index < -0.39 is 27.5 Å². The molecule has 2 aromatic rings. The Hall–Kier alpha value is -2.34. The largest absolute Gasteiger partial charge is 0.426 e. The van der Waals surface area contributed by atoms with Crippen LogP contribution in [0.4, 0.5) is 24.5 Å². The highest BCUT2D eigenvalue weighted by Gasteiger charge is 2.55.